The molecule has 1 amide bonds. The van der Waals surface area contributed by atoms with Crippen LogP contribution in [0.5, 0.6) is 0 Å². The van der Waals surface area contributed by atoms with Crippen LogP contribution in [-0.4, -0.2) is 38.5 Å². The van der Waals surface area contributed by atoms with E-state index in [1.54, 1.807) is 36.0 Å². The van der Waals surface area contributed by atoms with Crippen LogP contribution in [0.1, 0.15) is 0 Å². The number of aromatic nitrogens is 4. The highest BCUT2D eigenvalue weighted by Crippen LogP contribution is 2.19. The SMILES string of the molecule is CNC(=O)CSc1nc2c(cnn2-c2ccc(Cl)cc2)c(=O)[nH]1. The molecule has 0 unspecified atom stereocenters. The molecule has 0 aliphatic rings. The van der Waals surface area contributed by atoms with E-state index in [0.29, 0.717) is 21.2 Å². The first-order valence-corrected chi connectivity index (χ1v) is 8.02. The van der Waals surface area contributed by atoms with Gasteiger partial charge in [-0.25, -0.2) is 9.67 Å². The maximum absolute atomic E-state index is 12.1. The number of amides is 1. The lowest BCUT2D eigenvalue weighted by Gasteiger charge is -2.04. The number of carbonyl (C=O) groups excluding carboxylic acids is 1. The van der Waals surface area contributed by atoms with Crippen molar-refractivity contribution in [1.82, 2.24) is 25.1 Å². The third kappa shape index (κ3) is 3.22. The van der Waals surface area contributed by atoms with Crippen LogP contribution in [0.15, 0.2) is 40.4 Å². The Morgan fingerprint density at radius 1 is 1.39 bits per heavy atom. The smallest absolute Gasteiger partial charge is 0.262 e. The van der Waals surface area contributed by atoms with Gasteiger partial charge in [0.2, 0.25) is 5.91 Å². The van der Waals surface area contributed by atoms with Gasteiger partial charge < -0.3 is 10.3 Å². The molecule has 0 fully saturated rings. The fourth-order valence-electron chi connectivity index (χ4n) is 1.94. The zero-order valence-corrected chi connectivity index (χ0v) is 13.6. The van der Waals surface area contributed by atoms with Gasteiger partial charge in [-0.05, 0) is 24.3 Å². The second kappa shape index (κ2) is 6.43. The van der Waals surface area contributed by atoms with E-state index >= 15 is 0 Å². The Hall–Kier alpha value is -2.32. The van der Waals surface area contributed by atoms with Crippen molar-refractivity contribution in [2.75, 3.05) is 12.8 Å². The van der Waals surface area contributed by atoms with E-state index in [4.69, 9.17) is 11.6 Å². The zero-order chi connectivity index (χ0) is 16.4. The number of H-pyrrole nitrogens is 1. The van der Waals surface area contributed by atoms with E-state index in [1.165, 1.54) is 6.20 Å². The van der Waals surface area contributed by atoms with Crippen LogP contribution >= 0.6 is 23.4 Å². The molecule has 2 aromatic heterocycles. The monoisotopic (exact) mass is 349 g/mol. The first-order valence-electron chi connectivity index (χ1n) is 6.66. The van der Waals surface area contributed by atoms with Crippen molar-refractivity contribution in [1.29, 1.82) is 0 Å². The topological polar surface area (TPSA) is 92.7 Å². The summed E-state index contributed by atoms with van der Waals surface area (Å²) < 4.78 is 1.56. The molecule has 0 saturated heterocycles. The molecule has 0 spiro atoms. The van der Waals surface area contributed by atoms with E-state index in [2.05, 4.69) is 20.4 Å². The molecule has 0 bridgehead atoms. The van der Waals surface area contributed by atoms with Gasteiger partial charge in [0.1, 0.15) is 5.39 Å². The summed E-state index contributed by atoms with van der Waals surface area (Å²) in [5, 5.41) is 8.08. The number of nitrogens with zero attached hydrogens (tertiary/aromatic N) is 3. The van der Waals surface area contributed by atoms with Crippen LogP contribution in [0.2, 0.25) is 5.02 Å². The summed E-state index contributed by atoms with van der Waals surface area (Å²) in [6.45, 7) is 0. The van der Waals surface area contributed by atoms with E-state index < -0.39 is 0 Å². The van der Waals surface area contributed by atoms with Crippen LogP contribution in [0.4, 0.5) is 0 Å². The minimum atomic E-state index is -0.297. The van der Waals surface area contributed by atoms with Crippen molar-refractivity contribution in [2.24, 2.45) is 0 Å². The molecule has 1 aromatic carbocycles. The second-order valence-corrected chi connectivity index (χ2v) is 6.00. The van der Waals surface area contributed by atoms with Crippen molar-refractivity contribution in [3.63, 3.8) is 0 Å². The molecular formula is C14H12ClN5O2S. The van der Waals surface area contributed by atoms with Crippen LogP contribution in [-0.2, 0) is 4.79 Å². The first-order chi connectivity index (χ1) is 11.1. The minimum Gasteiger partial charge on any atom is -0.358 e. The molecule has 118 valence electrons. The number of benzene rings is 1. The predicted octanol–water partition coefficient (Wildman–Crippen LogP) is 1.60. The molecule has 0 radical (unpaired) electrons. The van der Waals surface area contributed by atoms with Crippen LogP contribution < -0.4 is 10.9 Å². The summed E-state index contributed by atoms with van der Waals surface area (Å²) in [4.78, 5) is 30.5. The van der Waals surface area contributed by atoms with Gasteiger partial charge in [-0.1, -0.05) is 23.4 Å². The maximum Gasteiger partial charge on any atom is 0.262 e. The number of rotatable bonds is 4. The summed E-state index contributed by atoms with van der Waals surface area (Å²) in [5.41, 5.74) is 0.870. The summed E-state index contributed by atoms with van der Waals surface area (Å²) in [6.07, 6.45) is 1.46. The molecule has 7 nitrogen and oxygen atoms in total. The number of hydrogen-bond donors (Lipinski definition) is 2. The average molecular weight is 350 g/mol. The number of halogens is 1. The van der Waals surface area contributed by atoms with Gasteiger partial charge in [-0.2, -0.15) is 5.10 Å². The van der Waals surface area contributed by atoms with Crippen molar-refractivity contribution in [2.45, 2.75) is 5.16 Å². The molecule has 9 heteroatoms. The second-order valence-electron chi connectivity index (χ2n) is 4.60. The van der Waals surface area contributed by atoms with Gasteiger partial charge in [0, 0.05) is 12.1 Å². The Morgan fingerprint density at radius 3 is 2.83 bits per heavy atom. The molecule has 0 aliphatic heterocycles. The number of carbonyl (C=O) groups is 1. The molecular weight excluding hydrogens is 338 g/mol. The molecule has 3 aromatic rings. The summed E-state index contributed by atoms with van der Waals surface area (Å²) in [7, 11) is 1.55. The van der Waals surface area contributed by atoms with Crippen molar-refractivity contribution < 1.29 is 4.79 Å². The molecule has 0 saturated carbocycles. The van der Waals surface area contributed by atoms with Crippen LogP contribution in [0, 0.1) is 0 Å². The van der Waals surface area contributed by atoms with Crippen LogP contribution in [0.25, 0.3) is 16.7 Å². The highest BCUT2D eigenvalue weighted by atomic mass is 35.5. The number of hydrogen-bond acceptors (Lipinski definition) is 5. The summed E-state index contributed by atoms with van der Waals surface area (Å²) in [6, 6.07) is 7.04. The fourth-order valence-corrected chi connectivity index (χ4v) is 2.80. The van der Waals surface area contributed by atoms with Crippen molar-refractivity contribution >= 4 is 40.3 Å². The summed E-state index contributed by atoms with van der Waals surface area (Å²) >= 11 is 7.04. The molecule has 2 heterocycles. The Bertz CT molecular complexity index is 919. The standard InChI is InChI=1S/C14H12ClN5O2S/c1-16-11(21)7-23-14-18-12-10(13(22)19-14)6-17-20(12)9-4-2-8(15)3-5-9/h2-6H,7H2,1H3,(H,16,21)(H,18,19,22). The molecule has 0 atom stereocenters. The largest absolute Gasteiger partial charge is 0.358 e. The quantitative estimate of drug-likeness (QED) is 0.551. The number of nitrogens with one attached hydrogen (secondary N) is 2. The predicted molar refractivity (Wildman–Crippen MR) is 89.3 cm³/mol. The van der Waals surface area contributed by atoms with Crippen LogP contribution in [0.3, 0.4) is 0 Å². The fraction of sp³-hybridized carbons (Fsp3) is 0.143. The maximum atomic E-state index is 12.1. The van der Waals surface area contributed by atoms with Gasteiger partial charge in [-0.3, -0.25) is 9.59 Å². The van der Waals surface area contributed by atoms with Gasteiger partial charge in [0.25, 0.3) is 5.56 Å². The molecule has 0 aliphatic carbocycles. The van der Waals surface area contributed by atoms with Crippen molar-refractivity contribution in [3.05, 3.63) is 45.8 Å². The molecule has 3 rings (SSSR count). The highest BCUT2D eigenvalue weighted by Gasteiger charge is 2.12. The van der Waals surface area contributed by atoms with E-state index in [0.717, 1.165) is 17.4 Å². The van der Waals surface area contributed by atoms with Gasteiger partial charge >= 0.3 is 0 Å². The van der Waals surface area contributed by atoms with E-state index in [-0.39, 0.29) is 17.2 Å². The lowest BCUT2D eigenvalue weighted by molar-refractivity contribution is -0.118. The highest BCUT2D eigenvalue weighted by molar-refractivity contribution is 7.99. The Balaban J connectivity index is 2.03. The Kier molecular flexibility index (Phi) is 4.35. The van der Waals surface area contributed by atoms with Gasteiger partial charge in [-0.15, -0.1) is 0 Å². The third-order valence-electron chi connectivity index (χ3n) is 3.11. The lowest BCUT2D eigenvalue weighted by Crippen LogP contribution is -2.20. The number of fused-ring (bicyclic) bond motifs is 1. The van der Waals surface area contributed by atoms with Gasteiger partial charge in [0.15, 0.2) is 10.8 Å². The lowest BCUT2D eigenvalue weighted by atomic mass is 10.3. The van der Waals surface area contributed by atoms with Crippen molar-refractivity contribution in [3.8, 4) is 5.69 Å². The van der Waals surface area contributed by atoms with E-state index in [1.807, 2.05) is 0 Å². The Morgan fingerprint density at radius 2 is 2.13 bits per heavy atom. The third-order valence-corrected chi connectivity index (χ3v) is 4.23. The molecule has 23 heavy (non-hydrogen) atoms. The normalized spacial score (nSPS) is 10.9. The minimum absolute atomic E-state index is 0.149. The number of thioether (sulfide) groups is 1. The van der Waals surface area contributed by atoms with E-state index in [9.17, 15) is 9.59 Å². The number of aromatic amines is 1. The van der Waals surface area contributed by atoms with Gasteiger partial charge in [0.05, 0.1) is 17.6 Å². The average Bonchev–Trinajstić information content (AvgIpc) is 2.98. The Labute approximate surface area is 140 Å². The summed E-state index contributed by atoms with van der Waals surface area (Å²) in [5.74, 6) is 0.0176. The molecule has 2 N–H and O–H groups in total. The zero-order valence-electron chi connectivity index (χ0n) is 12.0. The first kappa shape index (κ1) is 15.6.